The lowest BCUT2D eigenvalue weighted by Crippen LogP contribution is -2.14. The van der Waals surface area contributed by atoms with Crippen LogP contribution in [0.4, 0.5) is 0 Å². The molecule has 0 amide bonds. The van der Waals surface area contributed by atoms with E-state index >= 15 is 0 Å². The quantitative estimate of drug-likeness (QED) is 0.552. The summed E-state index contributed by atoms with van der Waals surface area (Å²) in [5, 5.41) is 8.87. The lowest BCUT2D eigenvalue weighted by atomic mass is 10.1. The maximum atomic E-state index is 11.8. The van der Waals surface area contributed by atoms with Crippen LogP contribution in [0.25, 0.3) is 0 Å². The van der Waals surface area contributed by atoms with Gasteiger partial charge in [-0.1, -0.05) is 42.5 Å². The zero-order chi connectivity index (χ0) is 19.6. The summed E-state index contributed by atoms with van der Waals surface area (Å²) in [5.74, 6) is 0.790. The summed E-state index contributed by atoms with van der Waals surface area (Å²) in [4.78, 5) is 11.8. The van der Waals surface area contributed by atoms with Gasteiger partial charge in [0.2, 0.25) is 0 Å². The Balaban J connectivity index is 1.41. The van der Waals surface area contributed by atoms with E-state index in [4.69, 9.17) is 19.5 Å². The second-order valence-electron chi connectivity index (χ2n) is 6.01. The number of hydrogen-bond acceptors (Lipinski definition) is 5. The maximum Gasteiger partial charge on any atom is 0.344 e. The highest BCUT2D eigenvalue weighted by Crippen LogP contribution is 2.18. The van der Waals surface area contributed by atoms with Crippen LogP contribution < -0.4 is 9.47 Å². The molecule has 0 bridgehead atoms. The molecule has 0 saturated carbocycles. The Morgan fingerprint density at radius 1 is 0.786 bits per heavy atom. The number of carbonyl (C=O) groups is 1. The van der Waals surface area contributed by atoms with E-state index in [2.05, 4.69) is 0 Å². The molecule has 0 unspecified atom stereocenters. The van der Waals surface area contributed by atoms with Gasteiger partial charge in [-0.15, -0.1) is 0 Å². The molecule has 0 spiro atoms. The maximum absolute atomic E-state index is 11.8. The highest BCUT2D eigenvalue weighted by Gasteiger charge is 2.06. The number of carbonyl (C=O) groups excluding carboxylic acids is 1. The lowest BCUT2D eigenvalue weighted by Gasteiger charge is -2.09. The topological polar surface area (TPSA) is 68.5 Å². The number of benzene rings is 3. The molecule has 5 heteroatoms. The third-order valence-electron chi connectivity index (χ3n) is 3.88. The Bertz CT molecular complexity index is 946. The average Bonchev–Trinajstić information content (AvgIpc) is 2.76. The van der Waals surface area contributed by atoms with Gasteiger partial charge in [-0.3, -0.25) is 0 Å². The molecule has 3 aromatic rings. The number of nitrogens with zero attached hydrogens (tertiary/aromatic N) is 1. The molecule has 28 heavy (non-hydrogen) atoms. The molecule has 0 radical (unpaired) electrons. The summed E-state index contributed by atoms with van der Waals surface area (Å²) in [6.07, 6.45) is 0. The van der Waals surface area contributed by atoms with Crippen molar-refractivity contribution >= 4 is 5.97 Å². The van der Waals surface area contributed by atoms with E-state index in [-0.39, 0.29) is 13.2 Å². The first-order valence-corrected chi connectivity index (χ1v) is 8.77. The van der Waals surface area contributed by atoms with Crippen molar-refractivity contribution in [2.45, 2.75) is 13.2 Å². The molecule has 140 valence electrons. The van der Waals surface area contributed by atoms with Gasteiger partial charge in [0.1, 0.15) is 24.7 Å². The van der Waals surface area contributed by atoms with E-state index in [9.17, 15) is 4.79 Å². The summed E-state index contributed by atoms with van der Waals surface area (Å²) in [7, 11) is 0. The van der Waals surface area contributed by atoms with Crippen molar-refractivity contribution in [1.82, 2.24) is 0 Å². The fourth-order valence-corrected chi connectivity index (χ4v) is 2.45. The molecule has 0 heterocycles. The van der Waals surface area contributed by atoms with E-state index in [1.165, 1.54) is 0 Å². The predicted octanol–water partition coefficient (Wildman–Crippen LogP) is 4.26. The van der Waals surface area contributed by atoms with Crippen molar-refractivity contribution in [2.24, 2.45) is 0 Å². The normalized spacial score (nSPS) is 9.96. The van der Waals surface area contributed by atoms with Crippen LogP contribution in [0.2, 0.25) is 0 Å². The standard InChI is InChI=1S/C23H19NO4/c24-14-19-7-4-8-20(13-19)16-28-23(25)17-27-22-11-9-21(10-12-22)26-15-18-5-2-1-3-6-18/h1-13H,15-17H2. The van der Waals surface area contributed by atoms with Crippen molar-refractivity contribution < 1.29 is 19.0 Å². The molecular weight excluding hydrogens is 354 g/mol. The van der Waals surface area contributed by atoms with Gasteiger partial charge in [0, 0.05) is 0 Å². The van der Waals surface area contributed by atoms with Gasteiger partial charge in [-0.05, 0) is 47.5 Å². The minimum absolute atomic E-state index is 0.101. The van der Waals surface area contributed by atoms with Crippen LogP contribution in [0.3, 0.4) is 0 Å². The minimum Gasteiger partial charge on any atom is -0.489 e. The SMILES string of the molecule is N#Cc1cccc(COC(=O)COc2ccc(OCc3ccccc3)cc2)c1. The summed E-state index contributed by atoms with van der Waals surface area (Å²) >= 11 is 0. The second kappa shape index (κ2) is 9.79. The van der Waals surface area contributed by atoms with Crippen LogP contribution in [0, 0.1) is 11.3 Å². The molecule has 0 aliphatic carbocycles. The first-order valence-electron chi connectivity index (χ1n) is 8.77. The number of nitriles is 1. The van der Waals surface area contributed by atoms with Crippen molar-refractivity contribution in [3.63, 3.8) is 0 Å². The van der Waals surface area contributed by atoms with E-state index in [0.29, 0.717) is 17.9 Å². The van der Waals surface area contributed by atoms with Gasteiger partial charge < -0.3 is 14.2 Å². The fraction of sp³-hybridized carbons (Fsp3) is 0.130. The van der Waals surface area contributed by atoms with Gasteiger partial charge in [0.15, 0.2) is 6.61 Å². The smallest absolute Gasteiger partial charge is 0.344 e. The largest absolute Gasteiger partial charge is 0.489 e. The van der Waals surface area contributed by atoms with E-state index in [1.807, 2.05) is 36.4 Å². The average molecular weight is 373 g/mol. The highest BCUT2D eigenvalue weighted by molar-refractivity contribution is 5.71. The molecule has 0 atom stereocenters. The second-order valence-corrected chi connectivity index (χ2v) is 6.01. The van der Waals surface area contributed by atoms with Crippen molar-refractivity contribution in [1.29, 1.82) is 5.26 Å². The monoisotopic (exact) mass is 373 g/mol. The van der Waals surface area contributed by atoms with E-state index < -0.39 is 5.97 Å². The number of hydrogen-bond donors (Lipinski definition) is 0. The predicted molar refractivity (Wildman–Crippen MR) is 104 cm³/mol. The van der Waals surface area contributed by atoms with E-state index in [0.717, 1.165) is 16.9 Å². The van der Waals surface area contributed by atoms with Crippen LogP contribution in [-0.2, 0) is 22.7 Å². The van der Waals surface area contributed by atoms with Crippen LogP contribution in [-0.4, -0.2) is 12.6 Å². The Hall–Kier alpha value is -3.78. The Morgan fingerprint density at radius 3 is 2.18 bits per heavy atom. The molecule has 0 saturated heterocycles. The molecular formula is C23H19NO4. The van der Waals surface area contributed by atoms with Crippen molar-refractivity contribution in [2.75, 3.05) is 6.61 Å². The first kappa shape index (κ1) is 19.0. The summed E-state index contributed by atoms with van der Waals surface area (Å²) in [5.41, 5.74) is 2.37. The van der Waals surface area contributed by atoms with Gasteiger partial charge in [-0.25, -0.2) is 4.79 Å². The summed E-state index contributed by atoms with van der Waals surface area (Å²) in [6.45, 7) is 0.395. The minimum atomic E-state index is -0.480. The zero-order valence-electron chi connectivity index (χ0n) is 15.2. The van der Waals surface area contributed by atoms with Gasteiger partial charge in [0.05, 0.1) is 11.6 Å². The van der Waals surface area contributed by atoms with Gasteiger partial charge in [-0.2, -0.15) is 5.26 Å². The van der Waals surface area contributed by atoms with Crippen LogP contribution in [0.15, 0.2) is 78.9 Å². The van der Waals surface area contributed by atoms with Crippen LogP contribution >= 0.6 is 0 Å². The molecule has 0 aliphatic rings. The Kier molecular flexibility index (Phi) is 6.64. The molecule has 0 N–H and O–H groups in total. The third-order valence-corrected chi connectivity index (χ3v) is 3.88. The van der Waals surface area contributed by atoms with Gasteiger partial charge >= 0.3 is 5.97 Å². The van der Waals surface area contributed by atoms with Crippen molar-refractivity contribution in [3.05, 3.63) is 95.6 Å². The zero-order valence-corrected chi connectivity index (χ0v) is 15.2. The summed E-state index contributed by atoms with van der Waals surface area (Å²) < 4.78 is 16.3. The Labute approximate surface area is 163 Å². The molecule has 0 aliphatic heterocycles. The molecule has 0 aromatic heterocycles. The highest BCUT2D eigenvalue weighted by atomic mass is 16.6. The summed E-state index contributed by atoms with van der Waals surface area (Å²) in [6, 6.07) is 25.9. The van der Waals surface area contributed by atoms with Crippen LogP contribution in [0.1, 0.15) is 16.7 Å². The van der Waals surface area contributed by atoms with Crippen LogP contribution in [0.5, 0.6) is 11.5 Å². The first-order chi connectivity index (χ1) is 13.7. The lowest BCUT2D eigenvalue weighted by molar-refractivity contribution is -0.147. The van der Waals surface area contributed by atoms with E-state index in [1.54, 1.807) is 48.5 Å². The third kappa shape index (κ3) is 5.89. The number of esters is 1. The molecule has 3 aromatic carbocycles. The number of rotatable bonds is 8. The molecule has 3 rings (SSSR count). The molecule has 0 fully saturated rings. The van der Waals surface area contributed by atoms with Gasteiger partial charge in [0.25, 0.3) is 0 Å². The van der Waals surface area contributed by atoms with Crippen molar-refractivity contribution in [3.8, 4) is 17.6 Å². The molecule has 5 nitrogen and oxygen atoms in total. The fourth-order valence-electron chi connectivity index (χ4n) is 2.45. The number of ether oxygens (including phenoxy) is 3. The Morgan fingerprint density at radius 2 is 1.46 bits per heavy atom.